The lowest BCUT2D eigenvalue weighted by Gasteiger charge is -2.10. The Labute approximate surface area is 117 Å². The predicted molar refractivity (Wildman–Crippen MR) is 75.2 cm³/mol. The molecule has 2 rings (SSSR count). The Bertz CT molecular complexity index is 616. The van der Waals surface area contributed by atoms with Crippen LogP contribution in [-0.2, 0) is 0 Å². The van der Waals surface area contributed by atoms with Crippen LogP contribution in [0.4, 0.5) is 0 Å². The van der Waals surface area contributed by atoms with Crippen LogP contribution in [0, 0.1) is 11.3 Å². The van der Waals surface area contributed by atoms with Crippen molar-refractivity contribution < 1.29 is 4.79 Å². The molecule has 2 aromatic carbocycles. The van der Waals surface area contributed by atoms with Crippen LogP contribution in [0.2, 0.25) is 5.02 Å². The number of carbonyl (C=O) groups is 1. The Kier molecular flexibility index (Phi) is 4.33. The molecule has 2 aromatic rings. The van der Waals surface area contributed by atoms with Gasteiger partial charge in [0.05, 0.1) is 12.0 Å². The highest BCUT2D eigenvalue weighted by atomic mass is 35.5. The summed E-state index contributed by atoms with van der Waals surface area (Å²) < 4.78 is 0. The van der Waals surface area contributed by atoms with Crippen LogP contribution in [0.1, 0.15) is 28.3 Å². The monoisotopic (exact) mass is 269 g/mol. The van der Waals surface area contributed by atoms with E-state index in [0.29, 0.717) is 16.1 Å². The number of rotatable bonds is 4. The Morgan fingerprint density at radius 2 is 1.74 bits per heavy atom. The number of nitriles is 1. The molecule has 0 radical (unpaired) electrons. The second kappa shape index (κ2) is 6.17. The van der Waals surface area contributed by atoms with Crippen LogP contribution in [0.15, 0.2) is 54.6 Å². The van der Waals surface area contributed by atoms with E-state index in [1.165, 1.54) is 0 Å². The maximum Gasteiger partial charge on any atom is 0.164 e. The third kappa shape index (κ3) is 3.21. The van der Waals surface area contributed by atoms with E-state index in [1.807, 2.05) is 24.3 Å². The lowest BCUT2D eigenvalue weighted by molar-refractivity contribution is 0.0979. The van der Waals surface area contributed by atoms with Gasteiger partial charge in [-0.1, -0.05) is 60.1 Å². The van der Waals surface area contributed by atoms with Crippen molar-refractivity contribution in [3.8, 4) is 6.07 Å². The number of carbonyl (C=O) groups excluding carboxylic acids is 1. The minimum Gasteiger partial charge on any atom is -0.294 e. The van der Waals surface area contributed by atoms with Gasteiger partial charge in [-0.05, 0) is 11.6 Å². The minimum atomic E-state index is -0.513. The second-order valence-electron chi connectivity index (χ2n) is 4.20. The van der Waals surface area contributed by atoms with Crippen molar-refractivity contribution >= 4 is 17.4 Å². The van der Waals surface area contributed by atoms with Gasteiger partial charge in [0.25, 0.3) is 0 Å². The Morgan fingerprint density at radius 3 is 2.37 bits per heavy atom. The molecule has 0 N–H and O–H groups in total. The van der Waals surface area contributed by atoms with E-state index in [1.54, 1.807) is 30.3 Å². The maximum absolute atomic E-state index is 12.1. The molecule has 2 nitrogen and oxygen atoms in total. The zero-order valence-corrected chi connectivity index (χ0v) is 11.0. The fourth-order valence-corrected chi connectivity index (χ4v) is 2.18. The van der Waals surface area contributed by atoms with E-state index in [9.17, 15) is 10.1 Å². The van der Waals surface area contributed by atoms with E-state index >= 15 is 0 Å². The summed E-state index contributed by atoms with van der Waals surface area (Å²) in [5.41, 5.74) is 1.32. The summed E-state index contributed by atoms with van der Waals surface area (Å²) in [6, 6.07) is 18.3. The lowest BCUT2D eigenvalue weighted by atomic mass is 9.93. The summed E-state index contributed by atoms with van der Waals surface area (Å²) in [7, 11) is 0. The van der Waals surface area contributed by atoms with Crippen LogP contribution < -0.4 is 0 Å². The first kappa shape index (κ1) is 13.3. The maximum atomic E-state index is 12.1. The molecule has 1 unspecified atom stereocenters. The third-order valence-corrected chi connectivity index (χ3v) is 3.27. The number of hydrogen-bond donors (Lipinski definition) is 0. The van der Waals surface area contributed by atoms with Crippen molar-refractivity contribution in [2.24, 2.45) is 0 Å². The smallest absolute Gasteiger partial charge is 0.164 e. The van der Waals surface area contributed by atoms with Gasteiger partial charge in [-0.2, -0.15) is 5.26 Å². The van der Waals surface area contributed by atoms with Gasteiger partial charge < -0.3 is 0 Å². The molecule has 0 aliphatic heterocycles. The molecule has 19 heavy (non-hydrogen) atoms. The largest absolute Gasteiger partial charge is 0.294 e. The standard InChI is InChI=1S/C16H12ClNO/c17-15-9-5-4-8-14(15)13(11-18)10-16(19)12-6-2-1-3-7-12/h1-9,13H,10H2. The average molecular weight is 270 g/mol. The molecule has 0 amide bonds. The summed E-state index contributed by atoms with van der Waals surface area (Å²) in [5.74, 6) is -0.562. The summed E-state index contributed by atoms with van der Waals surface area (Å²) >= 11 is 6.06. The highest BCUT2D eigenvalue weighted by molar-refractivity contribution is 6.31. The number of halogens is 1. The van der Waals surface area contributed by atoms with Crippen LogP contribution >= 0.6 is 11.6 Å². The van der Waals surface area contributed by atoms with Gasteiger partial charge in [-0.25, -0.2) is 0 Å². The Morgan fingerprint density at radius 1 is 1.11 bits per heavy atom. The Balaban J connectivity index is 2.20. The summed E-state index contributed by atoms with van der Waals surface area (Å²) in [5, 5.41) is 9.76. The molecule has 0 heterocycles. The molecule has 0 aromatic heterocycles. The molecule has 0 saturated carbocycles. The van der Waals surface area contributed by atoms with Crippen LogP contribution in [0.5, 0.6) is 0 Å². The van der Waals surface area contributed by atoms with Gasteiger partial charge in [0.15, 0.2) is 5.78 Å². The fourth-order valence-electron chi connectivity index (χ4n) is 1.91. The lowest BCUT2D eigenvalue weighted by Crippen LogP contribution is -2.06. The number of ketones is 1. The zero-order valence-electron chi connectivity index (χ0n) is 10.2. The molecule has 0 aliphatic rings. The summed E-state index contributed by atoms with van der Waals surface area (Å²) in [6.45, 7) is 0. The van der Waals surface area contributed by atoms with Crippen LogP contribution in [0.3, 0.4) is 0 Å². The third-order valence-electron chi connectivity index (χ3n) is 2.92. The Hall–Kier alpha value is -2.11. The molecular formula is C16H12ClNO. The number of nitrogens with zero attached hydrogens (tertiary/aromatic N) is 1. The van der Waals surface area contributed by atoms with E-state index < -0.39 is 5.92 Å². The van der Waals surface area contributed by atoms with Crippen molar-refractivity contribution in [1.29, 1.82) is 5.26 Å². The second-order valence-corrected chi connectivity index (χ2v) is 4.60. The van der Waals surface area contributed by atoms with Crippen LogP contribution in [-0.4, -0.2) is 5.78 Å². The SMILES string of the molecule is N#CC(CC(=O)c1ccccc1)c1ccccc1Cl. The first-order valence-electron chi connectivity index (χ1n) is 5.94. The molecule has 0 spiro atoms. The zero-order chi connectivity index (χ0) is 13.7. The van der Waals surface area contributed by atoms with Gasteiger partial charge in [0.2, 0.25) is 0 Å². The van der Waals surface area contributed by atoms with Crippen molar-refractivity contribution in [3.63, 3.8) is 0 Å². The summed E-state index contributed by atoms with van der Waals surface area (Å²) in [4.78, 5) is 12.1. The molecule has 0 bridgehead atoms. The van der Waals surface area contributed by atoms with E-state index in [0.717, 1.165) is 0 Å². The van der Waals surface area contributed by atoms with E-state index in [4.69, 9.17) is 11.6 Å². The molecule has 3 heteroatoms. The topological polar surface area (TPSA) is 40.9 Å². The first-order valence-corrected chi connectivity index (χ1v) is 6.32. The number of Topliss-reactive ketones (excluding diaryl/α,β-unsaturated/α-hetero) is 1. The number of hydrogen-bond acceptors (Lipinski definition) is 2. The molecule has 0 aliphatic carbocycles. The van der Waals surface area contributed by atoms with Crippen molar-refractivity contribution in [2.45, 2.75) is 12.3 Å². The molecule has 0 fully saturated rings. The highest BCUT2D eigenvalue weighted by Gasteiger charge is 2.18. The van der Waals surface area contributed by atoms with Gasteiger partial charge in [0, 0.05) is 17.0 Å². The van der Waals surface area contributed by atoms with Gasteiger partial charge >= 0.3 is 0 Å². The minimum absolute atomic E-state index is 0.0490. The normalized spacial score (nSPS) is 11.6. The van der Waals surface area contributed by atoms with Gasteiger partial charge in [-0.15, -0.1) is 0 Å². The average Bonchev–Trinajstić information content (AvgIpc) is 2.46. The highest BCUT2D eigenvalue weighted by Crippen LogP contribution is 2.27. The van der Waals surface area contributed by atoms with Crippen molar-refractivity contribution in [1.82, 2.24) is 0 Å². The van der Waals surface area contributed by atoms with Crippen LogP contribution in [0.25, 0.3) is 0 Å². The molecule has 1 atom stereocenters. The van der Waals surface area contributed by atoms with Crippen molar-refractivity contribution in [3.05, 3.63) is 70.7 Å². The molecular weight excluding hydrogens is 258 g/mol. The first-order chi connectivity index (χ1) is 9.22. The molecule has 0 saturated heterocycles. The van der Waals surface area contributed by atoms with Crippen molar-refractivity contribution in [2.75, 3.05) is 0 Å². The summed E-state index contributed by atoms with van der Waals surface area (Å²) in [6.07, 6.45) is 0.143. The molecule has 94 valence electrons. The van der Waals surface area contributed by atoms with Gasteiger partial charge in [0.1, 0.15) is 0 Å². The van der Waals surface area contributed by atoms with Gasteiger partial charge in [-0.3, -0.25) is 4.79 Å². The van der Waals surface area contributed by atoms with E-state index in [2.05, 4.69) is 6.07 Å². The fraction of sp³-hybridized carbons (Fsp3) is 0.125. The van der Waals surface area contributed by atoms with E-state index in [-0.39, 0.29) is 12.2 Å². The quantitative estimate of drug-likeness (QED) is 0.780. The predicted octanol–water partition coefficient (Wildman–Crippen LogP) is 4.22. The number of benzene rings is 2.